The molecule has 7 heteroatoms. The molecular weight excluding hydrogens is 360 g/mol. The fourth-order valence-corrected chi connectivity index (χ4v) is 3.24. The number of ether oxygens (including phenoxy) is 1. The molecule has 1 fully saturated rings. The Bertz CT molecular complexity index is 894. The number of fused-ring (bicyclic) bond motifs is 1. The first-order chi connectivity index (χ1) is 12.2. The second-order valence-corrected chi connectivity index (χ2v) is 6.35. The van der Waals surface area contributed by atoms with Crippen LogP contribution in [0.5, 0.6) is 5.88 Å². The Morgan fingerprint density at radius 1 is 1.19 bits per heavy atom. The van der Waals surface area contributed by atoms with E-state index in [-0.39, 0.29) is 24.0 Å². The van der Waals surface area contributed by atoms with Gasteiger partial charge in [-0.2, -0.15) is 0 Å². The molecule has 1 aromatic heterocycles. The highest BCUT2D eigenvalue weighted by atomic mass is 35.5. The van der Waals surface area contributed by atoms with E-state index in [0.29, 0.717) is 35.0 Å². The minimum absolute atomic E-state index is 0. The summed E-state index contributed by atoms with van der Waals surface area (Å²) in [4.78, 5) is 0. The molecule has 26 heavy (non-hydrogen) atoms. The van der Waals surface area contributed by atoms with Gasteiger partial charge in [0, 0.05) is 12.5 Å². The standard InChI is InChI=1S/C19H19F2N3O.ClH/c20-14-7-8-17-15(10-14)19(25-12-13-4-3-9-22-11-13)23-24(17)18-6-2-1-5-16(18)21;/h1-2,5-8,10,13,22H,3-4,9,11-12H2;1H. The predicted octanol–water partition coefficient (Wildman–Crippen LogP) is 4.10. The van der Waals surface area contributed by atoms with Crippen LogP contribution in [-0.4, -0.2) is 29.5 Å². The molecule has 0 saturated carbocycles. The molecule has 2 aromatic carbocycles. The van der Waals surface area contributed by atoms with E-state index in [1.807, 2.05) is 0 Å². The Labute approximate surface area is 156 Å². The van der Waals surface area contributed by atoms with E-state index in [9.17, 15) is 8.78 Å². The lowest BCUT2D eigenvalue weighted by Crippen LogP contribution is -2.33. The van der Waals surface area contributed by atoms with E-state index in [1.165, 1.54) is 22.9 Å². The average Bonchev–Trinajstić information content (AvgIpc) is 2.99. The number of hydrogen-bond donors (Lipinski definition) is 1. The van der Waals surface area contributed by atoms with E-state index in [4.69, 9.17) is 4.74 Å². The first kappa shape index (κ1) is 18.6. The normalized spacial score (nSPS) is 17.1. The van der Waals surface area contributed by atoms with E-state index < -0.39 is 0 Å². The van der Waals surface area contributed by atoms with Gasteiger partial charge in [0.05, 0.1) is 17.5 Å². The van der Waals surface area contributed by atoms with Crippen molar-refractivity contribution in [3.05, 3.63) is 54.1 Å². The number of halogens is 3. The van der Waals surface area contributed by atoms with Gasteiger partial charge in [0.1, 0.15) is 17.3 Å². The lowest BCUT2D eigenvalue weighted by atomic mass is 10.0. The van der Waals surface area contributed by atoms with E-state index in [2.05, 4.69) is 10.4 Å². The molecule has 0 aliphatic carbocycles. The summed E-state index contributed by atoms with van der Waals surface area (Å²) in [6.07, 6.45) is 2.21. The Morgan fingerprint density at radius 3 is 2.81 bits per heavy atom. The number of rotatable bonds is 4. The first-order valence-corrected chi connectivity index (χ1v) is 8.49. The van der Waals surface area contributed by atoms with Crippen LogP contribution in [0.2, 0.25) is 0 Å². The van der Waals surface area contributed by atoms with Gasteiger partial charge in [-0.25, -0.2) is 13.5 Å². The summed E-state index contributed by atoms with van der Waals surface area (Å²) in [5, 5.41) is 8.30. The predicted molar refractivity (Wildman–Crippen MR) is 99.3 cm³/mol. The van der Waals surface area contributed by atoms with Gasteiger partial charge in [-0.05, 0) is 49.7 Å². The highest BCUT2D eigenvalue weighted by Gasteiger charge is 2.19. The highest BCUT2D eigenvalue weighted by molar-refractivity contribution is 5.86. The molecular formula is C19H20ClF2N3O. The number of aromatic nitrogens is 2. The van der Waals surface area contributed by atoms with Crippen LogP contribution in [-0.2, 0) is 0 Å². The molecule has 3 aromatic rings. The smallest absolute Gasteiger partial charge is 0.241 e. The third-order valence-corrected chi connectivity index (χ3v) is 4.54. The van der Waals surface area contributed by atoms with Crippen molar-refractivity contribution in [1.82, 2.24) is 15.1 Å². The summed E-state index contributed by atoms with van der Waals surface area (Å²) in [5.74, 6) is -0.0247. The van der Waals surface area contributed by atoms with Crippen LogP contribution in [0.1, 0.15) is 12.8 Å². The topological polar surface area (TPSA) is 39.1 Å². The maximum atomic E-state index is 14.2. The van der Waals surface area contributed by atoms with Crippen molar-refractivity contribution in [1.29, 1.82) is 0 Å². The van der Waals surface area contributed by atoms with Gasteiger partial charge in [-0.15, -0.1) is 17.5 Å². The molecule has 138 valence electrons. The molecule has 1 atom stereocenters. The third-order valence-electron chi connectivity index (χ3n) is 4.54. The largest absolute Gasteiger partial charge is 0.476 e. The zero-order valence-corrected chi connectivity index (χ0v) is 14.9. The second kappa shape index (κ2) is 8.01. The van der Waals surface area contributed by atoms with Gasteiger partial charge < -0.3 is 10.1 Å². The highest BCUT2D eigenvalue weighted by Crippen LogP contribution is 2.29. The molecule has 1 aliphatic rings. The summed E-state index contributed by atoms with van der Waals surface area (Å²) in [6, 6.07) is 10.7. The van der Waals surface area contributed by atoms with Crippen molar-refractivity contribution in [3.63, 3.8) is 0 Å². The van der Waals surface area contributed by atoms with Crippen molar-refractivity contribution in [2.45, 2.75) is 12.8 Å². The maximum absolute atomic E-state index is 14.2. The Balaban J connectivity index is 0.00000196. The fraction of sp³-hybridized carbons (Fsp3) is 0.316. The summed E-state index contributed by atoms with van der Waals surface area (Å²) < 4.78 is 35.3. The molecule has 4 rings (SSSR count). The molecule has 1 aliphatic heterocycles. The minimum atomic E-state index is -0.390. The van der Waals surface area contributed by atoms with Gasteiger partial charge in [0.25, 0.3) is 0 Å². The SMILES string of the molecule is Cl.Fc1ccc2c(c1)c(OCC1CCCNC1)nn2-c1ccccc1F. The van der Waals surface area contributed by atoms with Crippen molar-refractivity contribution >= 4 is 23.3 Å². The van der Waals surface area contributed by atoms with Gasteiger partial charge in [0.2, 0.25) is 5.88 Å². The molecule has 0 spiro atoms. The third kappa shape index (κ3) is 3.66. The summed E-state index contributed by atoms with van der Waals surface area (Å²) in [7, 11) is 0. The van der Waals surface area contributed by atoms with Crippen molar-refractivity contribution in [2.75, 3.05) is 19.7 Å². The number of hydrogen-bond acceptors (Lipinski definition) is 3. The summed E-state index contributed by atoms with van der Waals surface area (Å²) in [5.41, 5.74) is 0.927. The van der Waals surface area contributed by atoms with Crippen LogP contribution in [0.4, 0.5) is 8.78 Å². The average molecular weight is 380 g/mol. The number of para-hydroxylation sites is 1. The van der Waals surface area contributed by atoms with Crippen LogP contribution in [0, 0.1) is 17.6 Å². The Hall–Kier alpha value is -2.18. The quantitative estimate of drug-likeness (QED) is 0.741. The van der Waals surface area contributed by atoms with Crippen LogP contribution >= 0.6 is 12.4 Å². The zero-order valence-electron chi connectivity index (χ0n) is 14.1. The monoisotopic (exact) mass is 379 g/mol. The fourth-order valence-electron chi connectivity index (χ4n) is 3.24. The van der Waals surface area contributed by atoms with Crippen molar-refractivity contribution in [2.24, 2.45) is 5.92 Å². The molecule has 0 radical (unpaired) electrons. The summed E-state index contributed by atoms with van der Waals surface area (Å²) >= 11 is 0. The molecule has 1 unspecified atom stereocenters. The van der Waals surface area contributed by atoms with Crippen LogP contribution < -0.4 is 10.1 Å². The van der Waals surface area contributed by atoms with Crippen LogP contribution in [0.25, 0.3) is 16.6 Å². The molecule has 1 saturated heterocycles. The van der Waals surface area contributed by atoms with Crippen molar-refractivity contribution in [3.8, 4) is 11.6 Å². The Kier molecular flexibility index (Phi) is 5.74. The van der Waals surface area contributed by atoms with E-state index in [0.717, 1.165) is 25.9 Å². The van der Waals surface area contributed by atoms with E-state index >= 15 is 0 Å². The zero-order chi connectivity index (χ0) is 17.2. The molecule has 0 amide bonds. The molecule has 2 heterocycles. The second-order valence-electron chi connectivity index (χ2n) is 6.35. The van der Waals surface area contributed by atoms with Gasteiger partial charge >= 0.3 is 0 Å². The first-order valence-electron chi connectivity index (χ1n) is 8.49. The number of nitrogens with one attached hydrogen (secondary N) is 1. The van der Waals surface area contributed by atoms with Gasteiger partial charge in [0.15, 0.2) is 0 Å². The van der Waals surface area contributed by atoms with Gasteiger partial charge in [-0.3, -0.25) is 0 Å². The molecule has 1 N–H and O–H groups in total. The lowest BCUT2D eigenvalue weighted by molar-refractivity contribution is 0.213. The minimum Gasteiger partial charge on any atom is -0.476 e. The summed E-state index contributed by atoms with van der Waals surface area (Å²) in [6.45, 7) is 2.44. The number of nitrogens with zero attached hydrogens (tertiary/aromatic N) is 2. The van der Waals surface area contributed by atoms with Crippen LogP contribution in [0.15, 0.2) is 42.5 Å². The van der Waals surface area contributed by atoms with E-state index in [1.54, 1.807) is 24.3 Å². The number of piperidine rings is 1. The van der Waals surface area contributed by atoms with Crippen molar-refractivity contribution < 1.29 is 13.5 Å². The Morgan fingerprint density at radius 2 is 2.04 bits per heavy atom. The molecule has 0 bridgehead atoms. The van der Waals surface area contributed by atoms with Crippen LogP contribution in [0.3, 0.4) is 0 Å². The maximum Gasteiger partial charge on any atom is 0.241 e. The lowest BCUT2D eigenvalue weighted by Gasteiger charge is -2.22. The van der Waals surface area contributed by atoms with Gasteiger partial charge in [-0.1, -0.05) is 12.1 Å². The number of benzene rings is 2. The molecule has 4 nitrogen and oxygen atoms in total.